The average Bonchev–Trinajstić information content (AvgIpc) is 3.28. The fourth-order valence-corrected chi connectivity index (χ4v) is 7.82. The Balaban J connectivity index is 1.25. The number of ether oxygens (including phenoxy) is 1. The maximum atomic E-state index is 14.1. The van der Waals surface area contributed by atoms with Gasteiger partial charge in [-0.05, 0) is 59.9 Å². The number of carbonyl (C=O) groups excluding carboxylic acids is 4. The zero-order valence-electron chi connectivity index (χ0n) is 23.2. The van der Waals surface area contributed by atoms with Crippen molar-refractivity contribution in [3.8, 4) is 0 Å². The number of anilines is 1. The number of amides is 3. The fraction of sp³-hybridized carbons (Fsp3) is 0.333. The number of nitrogens with one attached hydrogen (secondary N) is 1. The third kappa shape index (κ3) is 4.01. The van der Waals surface area contributed by atoms with E-state index in [1.807, 2.05) is 48.5 Å². The van der Waals surface area contributed by atoms with Crippen LogP contribution in [-0.4, -0.2) is 41.2 Å². The third-order valence-corrected chi connectivity index (χ3v) is 10.0. The molecule has 42 heavy (non-hydrogen) atoms. The first-order valence-electron chi connectivity index (χ1n) is 14.2. The van der Waals surface area contributed by atoms with Gasteiger partial charge in [-0.1, -0.05) is 68.3 Å². The molecule has 0 spiro atoms. The van der Waals surface area contributed by atoms with Crippen LogP contribution in [0.1, 0.15) is 65.7 Å². The van der Waals surface area contributed by atoms with Crippen LogP contribution in [0.3, 0.4) is 0 Å². The van der Waals surface area contributed by atoms with Gasteiger partial charge in [0, 0.05) is 5.69 Å². The Morgan fingerprint density at radius 1 is 0.833 bits per heavy atom. The minimum absolute atomic E-state index is 0.353. The van der Waals surface area contributed by atoms with Gasteiger partial charge in [0.15, 0.2) is 0 Å². The summed E-state index contributed by atoms with van der Waals surface area (Å²) in [4.78, 5) is 52.2. The lowest BCUT2D eigenvalue weighted by Crippen LogP contribution is -2.57. The van der Waals surface area contributed by atoms with Crippen molar-refractivity contribution in [2.24, 2.45) is 11.8 Å². The number of hydrogen-bond donors (Lipinski definition) is 1. The summed E-state index contributed by atoms with van der Waals surface area (Å²) in [6, 6.07) is 19.9. The van der Waals surface area contributed by atoms with Gasteiger partial charge >= 0.3 is 5.97 Å². The predicted octanol–water partition coefficient (Wildman–Crippen LogP) is 5.95. The van der Waals surface area contributed by atoms with Gasteiger partial charge < -0.3 is 10.1 Å². The van der Waals surface area contributed by atoms with Crippen molar-refractivity contribution in [1.82, 2.24) is 4.90 Å². The Hall–Kier alpha value is -3.68. The van der Waals surface area contributed by atoms with Crippen molar-refractivity contribution in [2.45, 2.75) is 48.9 Å². The monoisotopic (exact) mass is 604 g/mol. The highest BCUT2D eigenvalue weighted by Gasteiger charge is 2.73. The van der Waals surface area contributed by atoms with Crippen molar-refractivity contribution in [3.05, 3.63) is 101 Å². The van der Waals surface area contributed by atoms with Gasteiger partial charge in [0.05, 0.1) is 24.0 Å². The number of benzene rings is 3. The van der Waals surface area contributed by atoms with Gasteiger partial charge in [-0.25, -0.2) is 4.79 Å². The number of hydrogen-bond acceptors (Lipinski definition) is 5. The van der Waals surface area contributed by atoms with Gasteiger partial charge in [-0.3, -0.25) is 19.3 Å². The van der Waals surface area contributed by atoms with Crippen LogP contribution in [0, 0.1) is 11.8 Å². The summed E-state index contributed by atoms with van der Waals surface area (Å²) in [5.74, 6) is -4.01. The molecule has 2 bridgehead atoms. The van der Waals surface area contributed by atoms with Crippen LogP contribution in [-0.2, 0) is 28.9 Å². The number of rotatable bonds is 8. The molecule has 3 aromatic carbocycles. The van der Waals surface area contributed by atoms with E-state index in [1.54, 1.807) is 24.3 Å². The summed E-state index contributed by atoms with van der Waals surface area (Å²) in [5, 5.41) is 2.76. The minimum atomic E-state index is -1.31. The Morgan fingerprint density at radius 3 is 1.76 bits per heavy atom. The molecule has 1 saturated heterocycles. The third-order valence-electron chi connectivity index (χ3n) is 8.76. The number of halogens is 2. The van der Waals surface area contributed by atoms with E-state index in [1.165, 1.54) is 6.92 Å². The minimum Gasteiger partial charge on any atom is -0.462 e. The molecule has 0 aromatic heterocycles. The molecule has 1 N–H and O–H groups in total. The largest absolute Gasteiger partial charge is 0.462 e. The standard InChI is InChI=1S/C33H30Cl2N2O5/c1-3-4-9-18-42-31(41)20-14-16-21(17-15-20)36-28(38)19(2)37-29(39)26-27(30(37)40)33(35)23-11-6-5-10-22(23)32(26,34)24-12-7-8-13-25(24)33/h5-8,10-17,19,26-27H,3-4,9,18H2,1-2H3,(H,36,38)/t19-,26-,27+,32?,33?/m1/s1. The zero-order chi connectivity index (χ0) is 29.8. The lowest BCUT2D eigenvalue weighted by Gasteiger charge is -2.54. The summed E-state index contributed by atoms with van der Waals surface area (Å²) >= 11 is 14.9. The van der Waals surface area contributed by atoms with E-state index in [0.717, 1.165) is 24.2 Å². The first kappa shape index (κ1) is 28.4. The molecular weight excluding hydrogens is 575 g/mol. The average molecular weight is 606 g/mol. The molecule has 7 rings (SSSR count). The molecule has 0 saturated carbocycles. The van der Waals surface area contributed by atoms with Crippen molar-refractivity contribution in [2.75, 3.05) is 11.9 Å². The zero-order valence-corrected chi connectivity index (χ0v) is 24.7. The van der Waals surface area contributed by atoms with Crippen LogP contribution in [0.15, 0.2) is 72.8 Å². The highest BCUT2D eigenvalue weighted by atomic mass is 35.5. The van der Waals surface area contributed by atoms with Crippen LogP contribution >= 0.6 is 23.2 Å². The lowest BCUT2D eigenvalue weighted by molar-refractivity contribution is -0.146. The van der Waals surface area contributed by atoms with E-state index < -0.39 is 51.3 Å². The molecule has 1 fully saturated rings. The Morgan fingerprint density at radius 2 is 1.31 bits per heavy atom. The first-order valence-corrected chi connectivity index (χ1v) is 14.9. The van der Waals surface area contributed by atoms with Crippen LogP contribution in [0.25, 0.3) is 0 Å². The highest BCUT2D eigenvalue weighted by Crippen LogP contribution is 2.69. The van der Waals surface area contributed by atoms with E-state index in [0.29, 0.717) is 40.1 Å². The molecule has 1 heterocycles. The number of unbranched alkanes of at least 4 members (excludes halogenated alkanes) is 2. The number of carbonyl (C=O) groups is 4. The van der Waals surface area contributed by atoms with E-state index in [4.69, 9.17) is 27.9 Å². The van der Waals surface area contributed by atoms with Gasteiger partial charge in [-0.15, -0.1) is 23.2 Å². The SMILES string of the molecule is CCCCCOC(=O)c1ccc(NC(=O)[C@@H](C)N2C(=O)[C@@H]3[C@H](C2=O)C2(Cl)c4ccccc4C3(Cl)c3ccccc32)cc1. The Kier molecular flexibility index (Phi) is 7.14. The predicted molar refractivity (Wildman–Crippen MR) is 159 cm³/mol. The molecular formula is C33H30Cl2N2O5. The second kappa shape index (κ2) is 10.5. The van der Waals surface area contributed by atoms with Crippen LogP contribution in [0.5, 0.6) is 0 Å². The molecule has 3 aromatic rings. The number of imide groups is 1. The van der Waals surface area contributed by atoms with Crippen LogP contribution in [0.2, 0.25) is 0 Å². The molecule has 4 aliphatic rings. The van der Waals surface area contributed by atoms with E-state index >= 15 is 0 Å². The van der Waals surface area contributed by atoms with Crippen LogP contribution < -0.4 is 5.32 Å². The second-order valence-corrected chi connectivity index (χ2v) is 12.3. The molecule has 7 nitrogen and oxygen atoms in total. The normalized spacial score (nSPS) is 25.9. The lowest BCUT2D eigenvalue weighted by atomic mass is 9.54. The summed E-state index contributed by atoms with van der Waals surface area (Å²) in [6.07, 6.45) is 2.82. The highest BCUT2D eigenvalue weighted by molar-refractivity contribution is 6.36. The van der Waals surface area contributed by atoms with E-state index in [2.05, 4.69) is 12.2 Å². The van der Waals surface area contributed by atoms with Crippen molar-refractivity contribution < 1.29 is 23.9 Å². The van der Waals surface area contributed by atoms with Gasteiger partial charge in [-0.2, -0.15) is 0 Å². The molecule has 0 unspecified atom stereocenters. The molecule has 3 amide bonds. The molecule has 3 atom stereocenters. The number of nitrogens with zero attached hydrogens (tertiary/aromatic N) is 1. The van der Waals surface area contributed by atoms with Crippen molar-refractivity contribution in [1.29, 1.82) is 0 Å². The quantitative estimate of drug-likeness (QED) is 0.148. The second-order valence-electron chi connectivity index (χ2n) is 11.1. The maximum Gasteiger partial charge on any atom is 0.338 e. The van der Waals surface area contributed by atoms with Crippen molar-refractivity contribution >= 4 is 52.6 Å². The van der Waals surface area contributed by atoms with E-state index in [9.17, 15) is 19.2 Å². The van der Waals surface area contributed by atoms with Gasteiger partial charge in [0.1, 0.15) is 15.8 Å². The molecule has 216 valence electrons. The molecule has 1 aliphatic heterocycles. The van der Waals surface area contributed by atoms with Gasteiger partial charge in [0.25, 0.3) is 0 Å². The number of esters is 1. The molecule has 0 radical (unpaired) electrons. The summed E-state index contributed by atoms with van der Waals surface area (Å²) in [7, 11) is 0. The summed E-state index contributed by atoms with van der Waals surface area (Å²) in [5.41, 5.74) is 3.57. The molecule has 3 aliphatic carbocycles. The topological polar surface area (TPSA) is 92.8 Å². The molecule has 9 heteroatoms. The van der Waals surface area contributed by atoms with Crippen LogP contribution in [0.4, 0.5) is 5.69 Å². The smallest absolute Gasteiger partial charge is 0.338 e. The summed E-state index contributed by atoms with van der Waals surface area (Å²) in [6.45, 7) is 3.93. The van der Waals surface area contributed by atoms with Crippen molar-refractivity contribution in [3.63, 3.8) is 0 Å². The number of likely N-dealkylation sites (tertiary alicyclic amines) is 1. The van der Waals surface area contributed by atoms with E-state index in [-0.39, 0.29) is 0 Å². The van der Waals surface area contributed by atoms with Gasteiger partial charge in [0.2, 0.25) is 17.7 Å². The Bertz CT molecular complexity index is 1480. The number of alkyl halides is 2. The first-order chi connectivity index (χ1) is 20.1. The maximum absolute atomic E-state index is 14.1. The Labute approximate surface area is 254 Å². The fourth-order valence-electron chi connectivity index (χ4n) is 6.72. The summed E-state index contributed by atoms with van der Waals surface area (Å²) < 4.78 is 5.28.